The maximum absolute atomic E-state index is 12.3. The van der Waals surface area contributed by atoms with Gasteiger partial charge in [-0.2, -0.15) is 0 Å². The second-order valence-electron chi connectivity index (χ2n) is 4.87. The van der Waals surface area contributed by atoms with Gasteiger partial charge in [0, 0.05) is 30.0 Å². The van der Waals surface area contributed by atoms with E-state index in [-0.39, 0.29) is 24.8 Å². The molecule has 0 fully saturated rings. The van der Waals surface area contributed by atoms with Crippen molar-refractivity contribution in [2.75, 3.05) is 18.1 Å². The second-order valence-corrected chi connectivity index (χ2v) is 5.31. The summed E-state index contributed by atoms with van der Waals surface area (Å²) in [7, 11) is 1.84. The highest BCUT2D eigenvalue weighted by atomic mass is 35.5. The summed E-state index contributed by atoms with van der Waals surface area (Å²) in [5, 5.41) is 0.490. The van der Waals surface area contributed by atoms with E-state index in [0.717, 1.165) is 0 Å². The second kappa shape index (κ2) is 5.26. The van der Waals surface area contributed by atoms with Crippen LogP contribution in [0.2, 0.25) is 5.02 Å². The summed E-state index contributed by atoms with van der Waals surface area (Å²) in [5.41, 5.74) is 1.10. The zero-order valence-corrected chi connectivity index (χ0v) is 12.1. The van der Waals surface area contributed by atoms with E-state index < -0.39 is 0 Å². The number of amides is 1. The van der Waals surface area contributed by atoms with Gasteiger partial charge in [0.2, 0.25) is 0 Å². The standard InChI is InChI=1S/C15H13ClN2O3/c1-17-5-4-10(7-17)13(19)8-18-12-6-11(16)2-3-14(12)21-9-15(18)20/h2-7H,8-9H2,1H3. The summed E-state index contributed by atoms with van der Waals surface area (Å²) < 4.78 is 7.14. The molecule has 3 rings (SSSR count). The van der Waals surface area contributed by atoms with Gasteiger partial charge in [-0.15, -0.1) is 0 Å². The largest absolute Gasteiger partial charge is 0.482 e. The number of anilines is 1. The number of ketones is 1. The molecule has 2 heterocycles. The van der Waals surface area contributed by atoms with Crippen LogP contribution in [0.15, 0.2) is 36.7 Å². The molecule has 6 heteroatoms. The third kappa shape index (κ3) is 2.64. The zero-order valence-electron chi connectivity index (χ0n) is 11.4. The van der Waals surface area contributed by atoms with Crippen molar-refractivity contribution < 1.29 is 14.3 Å². The van der Waals surface area contributed by atoms with Crippen LogP contribution >= 0.6 is 11.6 Å². The number of rotatable bonds is 3. The molecule has 1 amide bonds. The average Bonchev–Trinajstić information content (AvgIpc) is 2.89. The molecular formula is C15H13ClN2O3. The van der Waals surface area contributed by atoms with Gasteiger partial charge in [-0.3, -0.25) is 14.5 Å². The molecule has 1 aromatic carbocycles. The van der Waals surface area contributed by atoms with Gasteiger partial charge in [-0.1, -0.05) is 11.6 Å². The summed E-state index contributed by atoms with van der Waals surface area (Å²) in [5.74, 6) is 0.172. The minimum atomic E-state index is -0.256. The molecule has 0 saturated heterocycles. The Labute approximate surface area is 126 Å². The van der Waals surface area contributed by atoms with E-state index in [0.29, 0.717) is 22.0 Å². The fraction of sp³-hybridized carbons (Fsp3) is 0.200. The SMILES string of the molecule is Cn1ccc(C(=O)CN2C(=O)COc3ccc(Cl)cc32)c1. The van der Waals surface area contributed by atoms with E-state index in [1.54, 1.807) is 41.2 Å². The smallest absolute Gasteiger partial charge is 0.265 e. The molecule has 0 unspecified atom stereocenters. The van der Waals surface area contributed by atoms with Crippen molar-refractivity contribution in [1.82, 2.24) is 4.57 Å². The summed E-state index contributed by atoms with van der Waals surface area (Å²) in [4.78, 5) is 25.7. The Morgan fingerprint density at radius 3 is 2.90 bits per heavy atom. The van der Waals surface area contributed by atoms with Crippen LogP contribution in [0.3, 0.4) is 0 Å². The molecular weight excluding hydrogens is 292 g/mol. The lowest BCUT2D eigenvalue weighted by atomic mass is 10.1. The molecule has 108 valence electrons. The Morgan fingerprint density at radius 1 is 1.38 bits per heavy atom. The first-order chi connectivity index (χ1) is 10.0. The predicted molar refractivity (Wildman–Crippen MR) is 79.0 cm³/mol. The van der Waals surface area contributed by atoms with E-state index in [9.17, 15) is 9.59 Å². The molecule has 0 aliphatic carbocycles. The van der Waals surface area contributed by atoms with E-state index in [2.05, 4.69) is 0 Å². The lowest BCUT2D eigenvalue weighted by Gasteiger charge is -2.28. The molecule has 0 N–H and O–H groups in total. The third-order valence-electron chi connectivity index (χ3n) is 3.32. The number of aromatic nitrogens is 1. The molecule has 5 nitrogen and oxygen atoms in total. The number of aryl methyl sites for hydroxylation is 1. The van der Waals surface area contributed by atoms with Gasteiger partial charge in [0.25, 0.3) is 5.91 Å². The van der Waals surface area contributed by atoms with Crippen LogP contribution < -0.4 is 9.64 Å². The van der Waals surface area contributed by atoms with Crippen LogP contribution in [-0.4, -0.2) is 29.4 Å². The van der Waals surface area contributed by atoms with Crippen LogP contribution in [0.1, 0.15) is 10.4 Å². The first-order valence-electron chi connectivity index (χ1n) is 6.42. The minimum absolute atomic E-state index is 0.0282. The molecule has 0 spiro atoms. The molecule has 1 aliphatic rings. The fourth-order valence-electron chi connectivity index (χ4n) is 2.25. The highest BCUT2D eigenvalue weighted by molar-refractivity contribution is 6.31. The van der Waals surface area contributed by atoms with Crippen LogP contribution in [-0.2, 0) is 11.8 Å². The lowest BCUT2D eigenvalue weighted by Crippen LogP contribution is -2.41. The number of carbonyl (C=O) groups excluding carboxylic acids is 2. The highest BCUT2D eigenvalue weighted by Gasteiger charge is 2.28. The number of halogens is 1. The fourth-order valence-corrected chi connectivity index (χ4v) is 2.42. The monoisotopic (exact) mass is 304 g/mol. The van der Waals surface area contributed by atoms with Crippen molar-refractivity contribution >= 4 is 29.0 Å². The summed E-state index contributed by atoms with van der Waals surface area (Å²) in [6.07, 6.45) is 3.52. The highest BCUT2D eigenvalue weighted by Crippen LogP contribution is 2.34. The van der Waals surface area contributed by atoms with E-state index >= 15 is 0 Å². The number of nitrogens with zero attached hydrogens (tertiary/aromatic N) is 2. The molecule has 1 aliphatic heterocycles. The van der Waals surface area contributed by atoms with E-state index in [4.69, 9.17) is 16.3 Å². The Hall–Kier alpha value is -2.27. The van der Waals surface area contributed by atoms with E-state index in [1.165, 1.54) is 4.90 Å². The average molecular weight is 305 g/mol. The van der Waals surface area contributed by atoms with Crippen LogP contribution in [0.5, 0.6) is 5.75 Å². The topological polar surface area (TPSA) is 51.5 Å². The molecule has 0 radical (unpaired) electrons. The van der Waals surface area contributed by atoms with Gasteiger partial charge >= 0.3 is 0 Å². The Morgan fingerprint density at radius 2 is 2.19 bits per heavy atom. The quantitative estimate of drug-likeness (QED) is 0.818. The normalized spacial score (nSPS) is 13.8. The number of fused-ring (bicyclic) bond motifs is 1. The van der Waals surface area contributed by atoms with Crippen LogP contribution in [0.4, 0.5) is 5.69 Å². The first kappa shape index (κ1) is 13.7. The van der Waals surface area contributed by atoms with E-state index in [1.807, 2.05) is 7.05 Å². The summed E-state index contributed by atoms with van der Waals surface area (Å²) in [6, 6.07) is 6.75. The maximum Gasteiger partial charge on any atom is 0.265 e. The number of benzene rings is 1. The van der Waals surface area contributed by atoms with Crippen molar-refractivity contribution in [2.24, 2.45) is 7.05 Å². The van der Waals surface area contributed by atoms with Crippen LogP contribution in [0.25, 0.3) is 0 Å². The van der Waals surface area contributed by atoms with Gasteiger partial charge in [-0.25, -0.2) is 0 Å². The maximum atomic E-state index is 12.3. The number of hydrogen-bond acceptors (Lipinski definition) is 3. The van der Waals surface area contributed by atoms with Gasteiger partial charge in [-0.05, 0) is 24.3 Å². The molecule has 21 heavy (non-hydrogen) atoms. The molecule has 0 saturated carbocycles. The predicted octanol–water partition coefficient (Wildman–Crippen LogP) is 2.29. The number of ether oxygens (including phenoxy) is 1. The van der Waals surface area contributed by atoms with Gasteiger partial charge in [0.1, 0.15) is 5.75 Å². The first-order valence-corrected chi connectivity index (χ1v) is 6.80. The number of hydrogen-bond donors (Lipinski definition) is 0. The van der Waals surface area contributed by atoms with Crippen molar-refractivity contribution in [1.29, 1.82) is 0 Å². The number of carbonyl (C=O) groups is 2. The van der Waals surface area contributed by atoms with Gasteiger partial charge in [0.15, 0.2) is 12.4 Å². The lowest BCUT2D eigenvalue weighted by molar-refractivity contribution is -0.121. The van der Waals surface area contributed by atoms with Gasteiger partial charge in [0.05, 0.1) is 12.2 Å². The molecule has 2 aromatic rings. The van der Waals surface area contributed by atoms with Crippen LogP contribution in [0, 0.1) is 0 Å². The third-order valence-corrected chi connectivity index (χ3v) is 3.55. The minimum Gasteiger partial charge on any atom is -0.482 e. The Balaban J connectivity index is 1.90. The summed E-state index contributed by atoms with van der Waals surface area (Å²) >= 11 is 5.96. The molecule has 0 atom stereocenters. The molecule has 1 aromatic heterocycles. The Bertz CT molecular complexity index is 723. The van der Waals surface area contributed by atoms with Crippen molar-refractivity contribution in [3.05, 3.63) is 47.2 Å². The summed E-state index contributed by atoms with van der Waals surface area (Å²) in [6.45, 7) is -0.101. The Kier molecular flexibility index (Phi) is 3.43. The van der Waals surface area contributed by atoms with Crippen molar-refractivity contribution in [3.8, 4) is 5.75 Å². The molecule has 0 bridgehead atoms. The van der Waals surface area contributed by atoms with Gasteiger partial charge < -0.3 is 9.30 Å². The zero-order chi connectivity index (χ0) is 15.0. The van der Waals surface area contributed by atoms with Crippen molar-refractivity contribution in [2.45, 2.75) is 0 Å². The number of Topliss-reactive ketones (excluding diaryl/α,β-unsaturated/α-hetero) is 1. The van der Waals surface area contributed by atoms with Crippen molar-refractivity contribution in [3.63, 3.8) is 0 Å².